The van der Waals surface area contributed by atoms with Crippen LogP contribution in [0.25, 0.3) is 11.3 Å². The number of aryl methyl sites for hydroxylation is 2. The molecule has 0 saturated carbocycles. The lowest BCUT2D eigenvalue weighted by atomic mass is 9.95. The van der Waals surface area contributed by atoms with Gasteiger partial charge in [-0.15, -0.1) is 10.2 Å². The van der Waals surface area contributed by atoms with E-state index < -0.39 is 0 Å². The highest BCUT2D eigenvalue weighted by molar-refractivity contribution is 5.92. The van der Waals surface area contributed by atoms with Gasteiger partial charge in [-0.1, -0.05) is 6.07 Å². The summed E-state index contributed by atoms with van der Waals surface area (Å²) in [5.41, 5.74) is 5.11. The van der Waals surface area contributed by atoms with Gasteiger partial charge in [0, 0.05) is 30.3 Å². The van der Waals surface area contributed by atoms with Crippen LogP contribution in [0.4, 0.5) is 11.5 Å². The summed E-state index contributed by atoms with van der Waals surface area (Å²) in [5.74, 6) is 1.79. The summed E-state index contributed by atoms with van der Waals surface area (Å²) < 4.78 is 5.20. The van der Waals surface area contributed by atoms with E-state index in [0.717, 1.165) is 54.4 Å². The number of hydrogen-bond acceptors (Lipinski definition) is 5. The second-order valence-corrected chi connectivity index (χ2v) is 8.05. The van der Waals surface area contributed by atoms with Crippen LogP contribution in [-0.2, 0) is 4.79 Å². The van der Waals surface area contributed by atoms with Crippen molar-refractivity contribution < 1.29 is 9.53 Å². The Labute approximate surface area is 183 Å². The van der Waals surface area contributed by atoms with E-state index in [1.165, 1.54) is 11.1 Å². The summed E-state index contributed by atoms with van der Waals surface area (Å²) in [6, 6.07) is 17.8. The summed E-state index contributed by atoms with van der Waals surface area (Å²) in [6.45, 7) is 5.72. The van der Waals surface area contributed by atoms with Crippen molar-refractivity contribution in [3.63, 3.8) is 0 Å². The van der Waals surface area contributed by atoms with Crippen LogP contribution in [0.3, 0.4) is 0 Å². The first-order valence-electron chi connectivity index (χ1n) is 10.6. The highest BCUT2D eigenvalue weighted by Crippen LogP contribution is 2.25. The number of nitrogens with zero attached hydrogens (tertiary/aromatic N) is 3. The zero-order valence-electron chi connectivity index (χ0n) is 18.3. The zero-order valence-corrected chi connectivity index (χ0v) is 18.3. The number of amides is 1. The van der Waals surface area contributed by atoms with Crippen molar-refractivity contribution in [2.24, 2.45) is 5.92 Å². The monoisotopic (exact) mass is 416 g/mol. The number of ether oxygens (including phenoxy) is 1. The molecule has 6 heteroatoms. The van der Waals surface area contributed by atoms with Crippen molar-refractivity contribution in [1.82, 2.24) is 10.2 Å². The smallest absolute Gasteiger partial charge is 0.227 e. The van der Waals surface area contributed by atoms with Gasteiger partial charge in [-0.25, -0.2) is 0 Å². The normalized spacial score (nSPS) is 14.4. The van der Waals surface area contributed by atoms with E-state index in [4.69, 9.17) is 4.74 Å². The van der Waals surface area contributed by atoms with Crippen molar-refractivity contribution in [3.8, 4) is 17.0 Å². The number of hydrogen-bond donors (Lipinski definition) is 1. The Morgan fingerprint density at radius 1 is 0.968 bits per heavy atom. The van der Waals surface area contributed by atoms with E-state index in [9.17, 15) is 4.79 Å². The summed E-state index contributed by atoms with van der Waals surface area (Å²) in [7, 11) is 1.65. The summed E-state index contributed by atoms with van der Waals surface area (Å²) >= 11 is 0. The Bertz CT molecular complexity index is 1040. The van der Waals surface area contributed by atoms with Crippen LogP contribution in [0.15, 0.2) is 54.6 Å². The first-order valence-corrected chi connectivity index (χ1v) is 10.6. The number of carbonyl (C=O) groups excluding carboxylic acids is 1. The van der Waals surface area contributed by atoms with Gasteiger partial charge in [-0.3, -0.25) is 4.79 Å². The second-order valence-electron chi connectivity index (χ2n) is 8.05. The molecule has 0 unspecified atom stereocenters. The van der Waals surface area contributed by atoms with E-state index in [1.54, 1.807) is 7.11 Å². The number of anilines is 2. The minimum absolute atomic E-state index is 0.0180. The molecule has 0 radical (unpaired) electrons. The maximum Gasteiger partial charge on any atom is 0.227 e. The Hall–Kier alpha value is -3.41. The Morgan fingerprint density at radius 3 is 2.32 bits per heavy atom. The van der Waals surface area contributed by atoms with Crippen LogP contribution in [0.1, 0.15) is 24.0 Å². The molecular formula is C25H28N4O2. The Kier molecular flexibility index (Phi) is 6.16. The van der Waals surface area contributed by atoms with Crippen molar-refractivity contribution in [3.05, 3.63) is 65.7 Å². The lowest BCUT2D eigenvalue weighted by Crippen LogP contribution is -2.38. The van der Waals surface area contributed by atoms with E-state index in [1.807, 2.05) is 54.6 Å². The van der Waals surface area contributed by atoms with Gasteiger partial charge in [0.15, 0.2) is 5.82 Å². The molecule has 1 fully saturated rings. The van der Waals surface area contributed by atoms with E-state index >= 15 is 0 Å². The largest absolute Gasteiger partial charge is 0.497 e. The fourth-order valence-electron chi connectivity index (χ4n) is 3.84. The molecule has 160 valence electrons. The number of methoxy groups -OCH3 is 1. The molecule has 3 aromatic rings. The predicted octanol–water partition coefficient (Wildman–Crippen LogP) is 4.62. The fourth-order valence-corrected chi connectivity index (χ4v) is 3.84. The average molecular weight is 417 g/mol. The molecule has 2 aromatic carbocycles. The SMILES string of the molecule is COc1ccc(-c2ccc(N3CCC(C(=O)Nc4ccc(C)c(C)c4)CC3)nn2)cc1. The van der Waals surface area contributed by atoms with Gasteiger partial charge in [-0.05, 0) is 86.3 Å². The second kappa shape index (κ2) is 9.16. The molecule has 1 saturated heterocycles. The standard InChI is InChI=1S/C25H28N4O2/c1-17-4-7-21(16-18(17)2)26-25(30)20-12-14-29(15-13-20)24-11-10-23(27-28-24)19-5-8-22(31-3)9-6-19/h4-11,16,20H,12-15H2,1-3H3,(H,26,30). The molecule has 6 nitrogen and oxygen atoms in total. The molecule has 1 aromatic heterocycles. The number of benzene rings is 2. The van der Waals surface area contributed by atoms with E-state index in [0.29, 0.717) is 0 Å². The first-order chi connectivity index (χ1) is 15.0. The number of carbonyl (C=O) groups is 1. The third-order valence-corrected chi connectivity index (χ3v) is 6.00. The lowest BCUT2D eigenvalue weighted by Gasteiger charge is -2.31. The van der Waals surface area contributed by atoms with E-state index in [2.05, 4.69) is 34.3 Å². The van der Waals surface area contributed by atoms with Crippen molar-refractivity contribution in [1.29, 1.82) is 0 Å². The number of rotatable bonds is 5. The van der Waals surface area contributed by atoms with Crippen LogP contribution in [-0.4, -0.2) is 36.3 Å². The minimum atomic E-state index is 0.0180. The maximum atomic E-state index is 12.7. The van der Waals surface area contributed by atoms with Gasteiger partial charge in [0.2, 0.25) is 5.91 Å². The molecule has 0 atom stereocenters. The summed E-state index contributed by atoms with van der Waals surface area (Å²) in [5, 5.41) is 11.9. The van der Waals surface area contributed by atoms with Gasteiger partial charge in [0.25, 0.3) is 0 Å². The van der Waals surface area contributed by atoms with Crippen molar-refractivity contribution in [2.75, 3.05) is 30.4 Å². The topological polar surface area (TPSA) is 67.3 Å². The number of piperidine rings is 1. The predicted molar refractivity (Wildman–Crippen MR) is 124 cm³/mol. The van der Waals surface area contributed by atoms with Crippen molar-refractivity contribution >= 4 is 17.4 Å². The Balaban J connectivity index is 1.33. The van der Waals surface area contributed by atoms with Gasteiger partial charge in [0.1, 0.15) is 5.75 Å². The lowest BCUT2D eigenvalue weighted by molar-refractivity contribution is -0.120. The quantitative estimate of drug-likeness (QED) is 0.657. The van der Waals surface area contributed by atoms with Crippen LogP contribution in [0.5, 0.6) is 5.75 Å². The molecule has 1 amide bonds. The maximum absolute atomic E-state index is 12.7. The first kappa shape index (κ1) is 20.8. The van der Waals surface area contributed by atoms with Crippen LogP contribution in [0, 0.1) is 19.8 Å². The van der Waals surface area contributed by atoms with Gasteiger partial charge < -0.3 is 15.0 Å². The third-order valence-electron chi connectivity index (χ3n) is 6.00. The van der Waals surface area contributed by atoms with Gasteiger partial charge in [0.05, 0.1) is 12.8 Å². The molecular weight excluding hydrogens is 388 g/mol. The van der Waals surface area contributed by atoms with Gasteiger partial charge in [-0.2, -0.15) is 0 Å². The number of nitrogens with one attached hydrogen (secondary N) is 1. The third kappa shape index (κ3) is 4.85. The molecule has 4 rings (SSSR count). The minimum Gasteiger partial charge on any atom is -0.497 e. The molecule has 0 aliphatic carbocycles. The molecule has 1 N–H and O–H groups in total. The highest BCUT2D eigenvalue weighted by Gasteiger charge is 2.26. The van der Waals surface area contributed by atoms with Crippen LogP contribution < -0.4 is 15.0 Å². The summed E-state index contributed by atoms with van der Waals surface area (Å²) in [6.07, 6.45) is 1.61. The zero-order chi connectivity index (χ0) is 21.8. The average Bonchev–Trinajstić information content (AvgIpc) is 2.82. The van der Waals surface area contributed by atoms with Gasteiger partial charge >= 0.3 is 0 Å². The van der Waals surface area contributed by atoms with Crippen LogP contribution in [0.2, 0.25) is 0 Å². The fraction of sp³-hybridized carbons (Fsp3) is 0.320. The molecule has 1 aliphatic rings. The highest BCUT2D eigenvalue weighted by atomic mass is 16.5. The molecule has 2 heterocycles. The molecule has 1 aliphatic heterocycles. The number of aromatic nitrogens is 2. The van der Waals surface area contributed by atoms with Crippen LogP contribution >= 0.6 is 0 Å². The Morgan fingerprint density at radius 2 is 1.71 bits per heavy atom. The molecule has 0 spiro atoms. The summed E-state index contributed by atoms with van der Waals surface area (Å²) in [4.78, 5) is 14.9. The molecule has 31 heavy (non-hydrogen) atoms. The van der Waals surface area contributed by atoms with Crippen molar-refractivity contribution in [2.45, 2.75) is 26.7 Å². The molecule has 0 bridgehead atoms. The van der Waals surface area contributed by atoms with E-state index in [-0.39, 0.29) is 11.8 Å².